The number of fused-ring (bicyclic) bond motifs is 1. The third kappa shape index (κ3) is 1.79. The Morgan fingerprint density at radius 1 is 1.32 bits per heavy atom. The Hall–Kier alpha value is -1.36. The predicted octanol–water partition coefficient (Wildman–Crippen LogP) is 0.971. The van der Waals surface area contributed by atoms with Gasteiger partial charge in [0.2, 0.25) is 0 Å². The Kier molecular flexibility index (Phi) is 2.45. The van der Waals surface area contributed by atoms with Gasteiger partial charge in [-0.15, -0.1) is 0 Å². The number of rotatable bonds is 2. The minimum absolute atomic E-state index is 0.0421. The molecule has 1 aromatic heterocycles. The minimum atomic E-state index is -0.0539. The van der Waals surface area contributed by atoms with Crippen molar-refractivity contribution in [1.82, 2.24) is 14.5 Å². The molecule has 0 N–H and O–H groups in total. The lowest BCUT2D eigenvalue weighted by molar-refractivity contribution is -0.142. The van der Waals surface area contributed by atoms with E-state index in [1.165, 1.54) is 30.1 Å². The zero-order chi connectivity index (χ0) is 13.0. The number of carbonyl (C=O) groups excluding carboxylic acids is 1. The first kappa shape index (κ1) is 11.5. The van der Waals surface area contributed by atoms with Gasteiger partial charge in [0.25, 0.3) is 0 Å². The molecule has 0 radical (unpaired) electrons. The lowest BCUT2D eigenvalue weighted by Gasteiger charge is -2.29. The van der Waals surface area contributed by atoms with Gasteiger partial charge < -0.3 is 9.30 Å². The third-order valence-electron chi connectivity index (χ3n) is 4.61. The number of ether oxygens (including phenoxy) is 1. The van der Waals surface area contributed by atoms with E-state index in [1.54, 1.807) is 0 Å². The van der Waals surface area contributed by atoms with Crippen molar-refractivity contribution >= 4 is 5.97 Å². The van der Waals surface area contributed by atoms with Gasteiger partial charge in [-0.25, -0.2) is 4.98 Å². The van der Waals surface area contributed by atoms with E-state index in [-0.39, 0.29) is 12.0 Å². The SMILES string of the molecule is Cn1c(C2CC2)nc2c1CCN(C1CCOC1=O)C2. The summed E-state index contributed by atoms with van der Waals surface area (Å²) in [4.78, 5) is 18.8. The van der Waals surface area contributed by atoms with Gasteiger partial charge in [0.05, 0.1) is 12.3 Å². The Bertz CT molecular complexity index is 533. The molecule has 3 aliphatic rings. The summed E-state index contributed by atoms with van der Waals surface area (Å²) in [5, 5.41) is 0. The smallest absolute Gasteiger partial charge is 0.323 e. The summed E-state index contributed by atoms with van der Waals surface area (Å²) in [6.45, 7) is 2.31. The highest BCUT2D eigenvalue weighted by Gasteiger charge is 2.37. The van der Waals surface area contributed by atoms with Crippen LogP contribution in [0.1, 0.15) is 42.4 Å². The molecule has 19 heavy (non-hydrogen) atoms. The zero-order valence-electron chi connectivity index (χ0n) is 11.3. The number of hydrogen-bond acceptors (Lipinski definition) is 4. The maximum absolute atomic E-state index is 11.7. The van der Waals surface area contributed by atoms with Crippen molar-refractivity contribution in [2.45, 2.75) is 44.2 Å². The number of esters is 1. The Morgan fingerprint density at radius 2 is 2.16 bits per heavy atom. The second kappa shape index (κ2) is 4.07. The van der Waals surface area contributed by atoms with E-state index in [1.807, 2.05) is 0 Å². The minimum Gasteiger partial charge on any atom is -0.464 e. The van der Waals surface area contributed by atoms with E-state index in [9.17, 15) is 4.79 Å². The molecule has 0 amide bonds. The Labute approximate surface area is 112 Å². The quantitative estimate of drug-likeness (QED) is 0.744. The molecule has 1 unspecified atom stereocenters. The summed E-state index contributed by atoms with van der Waals surface area (Å²) in [6, 6.07) is -0.0421. The van der Waals surface area contributed by atoms with Gasteiger partial charge in [-0.1, -0.05) is 0 Å². The second-order valence-corrected chi connectivity index (χ2v) is 5.89. The molecule has 3 heterocycles. The van der Waals surface area contributed by atoms with Crippen LogP contribution in [0.2, 0.25) is 0 Å². The average molecular weight is 261 g/mol. The molecule has 0 spiro atoms. The van der Waals surface area contributed by atoms with Gasteiger partial charge in [-0.05, 0) is 12.8 Å². The monoisotopic (exact) mass is 261 g/mol. The van der Waals surface area contributed by atoms with Crippen LogP contribution in [0.25, 0.3) is 0 Å². The number of nitrogens with zero attached hydrogens (tertiary/aromatic N) is 3. The molecular formula is C14H19N3O2. The molecule has 5 nitrogen and oxygen atoms in total. The lowest BCUT2D eigenvalue weighted by Crippen LogP contribution is -2.42. The fourth-order valence-electron chi connectivity index (χ4n) is 3.36. The number of hydrogen-bond donors (Lipinski definition) is 0. The summed E-state index contributed by atoms with van der Waals surface area (Å²) in [6.07, 6.45) is 4.39. The first-order valence-corrected chi connectivity index (χ1v) is 7.19. The van der Waals surface area contributed by atoms with Gasteiger partial charge in [-0.3, -0.25) is 9.69 Å². The second-order valence-electron chi connectivity index (χ2n) is 5.89. The van der Waals surface area contributed by atoms with Crippen LogP contribution in [0, 0.1) is 0 Å². The van der Waals surface area contributed by atoms with Crippen molar-refractivity contribution in [2.24, 2.45) is 7.05 Å². The van der Waals surface area contributed by atoms with Crippen LogP contribution < -0.4 is 0 Å². The van der Waals surface area contributed by atoms with Crippen molar-refractivity contribution in [1.29, 1.82) is 0 Å². The Balaban J connectivity index is 1.59. The van der Waals surface area contributed by atoms with Gasteiger partial charge in [-0.2, -0.15) is 0 Å². The van der Waals surface area contributed by atoms with Crippen LogP contribution in [-0.4, -0.2) is 39.6 Å². The molecule has 5 heteroatoms. The fraction of sp³-hybridized carbons (Fsp3) is 0.714. The number of imidazole rings is 1. The number of cyclic esters (lactones) is 1. The van der Waals surface area contributed by atoms with Crippen molar-refractivity contribution in [3.63, 3.8) is 0 Å². The van der Waals surface area contributed by atoms with Crippen molar-refractivity contribution in [3.8, 4) is 0 Å². The molecule has 1 aromatic rings. The first-order valence-electron chi connectivity index (χ1n) is 7.19. The van der Waals surface area contributed by atoms with E-state index in [0.717, 1.165) is 25.9 Å². The summed E-state index contributed by atoms with van der Waals surface area (Å²) in [5.74, 6) is 1.88. The largest absolute Gasteiger partial charge is 0.464 e. The molecule has 2 aliphatic heterocycles. The topological polar surface area (TPSA) is 47.4 Å². The molecule has 1 saturated carbocycles. The average Bonchev–Trinajstić information content (AvgIpc) is 3.09. The van der Waals surface area contributed by atoms with E-state index in [2.05, 4.69) is 16.5 Å². The van der Waals surface area contributed by atoms with Gasteiger partial charge in [0.1, 0.15) is 11.9 Å². The molecule has 1 atom stereocenters. The highest BCUT2D eigenvalue weighted by molar-refractivity contribution is 5.77. The van der Waals surface area contributed by atoms with Crippen LogP contribution in [0.5, 0.6) is 0 Å². The summed E-state index contributed by atoms with van der Waals surface area (Å²) in [7, 11) is 2.14. The maximum Gasteiger partial charge on any atom is 0.323 e. The molecule has 1 aliphatic carbocycles. The van der Waals surface area contributed by atoms with E-state index < -0.39 is 0 Å². The van der Waals surface area contributed by atoms with Gasteiger partial charge >= 0.3 is 5.97 Å². The molecule has 0 aromatic carbocycles. The van der Waals surface area contributed by atoms with Gasteiger partial charge in [0, 0.05) is 44.6 Å². The predicted molar refractivity (Wildman–Crippen MR) is 68.7 cm³/mol. The molecule has 4 rings (SSSR count). The standard InChI is InChI=1S/C14H19N3O2/c1-16-11-4-6-17(12-5-7-19-14(12)18)8-10(11)15-13(16)9-2-3-9/h9,12H,2-8H2,1H3. The molecule has 0 bridgehead atoms. The Morgan fingerprint density at radius 3 is 2.84 bits per heavy atom. The van der Waals surface area contributed by atoms with Crippen molar-refractivity contribution in [2.75, 3.05) is 13.2 Å². The van der Waals surface area contributed by atoms with Crippen LogP contribution >= 0.6 is 0 Å². The zero-order valence-corrected chi connectivity index (χ0v) is 11.3. The summed E-state index contributed by atoms with van der Waals surface area (Å²) < 4.78 is 7.37. The maximum atomic E-state index is 11.7. The normalized spacial score (nSPS) is 27.4. The van der Waals surface area contributed by atoms with Gasteiger partial charge in [0.15, 0.2) is 0 Å². The van der Waals surface area contributed by atoms with Crippen LogP contribution in [0.15, 0.2) is 0 Å². The summed E-state index contributed by atoms with van der Waals surface area (Å²) in [5.41, 5.74) is 2.54. The fourth-order valence-corrected chi connectivity index (χ4v) is 3.36. The highest BCUT2D eigenvalue weighted by atomic mass is 16.5. The molecular weight excluding hydrogens is 242 g/mol. The lowest BCUT2D eigenvalue weighted by atomic mass is 10.1. The van der Waals surface area contributed by atoms with Crippen molar-refractivity contribution in [3.05, 3.63) is 17.2 Å². The number of aromatic nitrogens is 2. The molecule has 1 saturated heterocycles. The highest BCUT2D eigenvalue weighted by Crippen LogP contribution is 2.40. The molecule has 102 valence electrons. The molecule has 2 fully saturated rings. The van der Waals surface area contributed by atoms with E-state index >= 15 is 0 Å². The van der Waals surface area contributed by atoms with E-state index in [4.69, 9.17) is 9.72 Å². The van der Waals surface area contributed by atoms with Crippen LogP contribution in [-0.2, 0) is 29.5 Å². The van der Waals surface area contributed by atoms with Crippen LogP contribution in [0.4, 0.5) is 0 Å². The van der Waals surface area contributed by atoms with Crippen LogP contribution in [0.3, 0.4) is 0 Å². The van der Waals surface area contributed by atoms with Crippen molar-refractivity contribution < 1.29 is 9.53 Å². The summed E-state index contributed by atoms with van der Waals surface area (Å²) >= 11 is 0. The van der Waals surface area contributed by atoms with E-state index in [0.29, 0.717) is 12.5 Å². The third-order valence-corrected chi connectivity index (χ3v) is 4.61. The first-order chi connectivity index (χ1) is 9.24. The number of carbonyl (C=O) groups is 1.